The molecule has 0 aromatic heterocycles. The third-order valence-corrected chi connectivity index (χ3v) is 4.57. The summed E-state index contributed by atoms with van der Waals surface area (Å²) in [6.07, 6.45) is 0.857. The van der Waals surface area contributed by atoms with Crippen molar-refractivity contribution < 1.29 is 5.11 Å². The van der Waals surface area contributed by atoms with Crippen LogP contribution in [-0.2, 0) is 0 Å². The Morgan fingerprint density at radius 2 is 2.44 bits per heavy atom. The maximum atomic E-state index is 10.3. The lowest BCUT2D eigenvalue weighted by molar-refractivity contribution is 0.0651. The Morgan fingerprint density at radius 3 is 3.11 bits per heavy atom. The third kappa shape index (κ3) is 3.26. The van der Waals surface area contributed by atoms with E-state index in [-0.39, 0.29) is 6.04 Å². The summed E-state index contributed by atoms with van der Waals surface area (Å²) in [6, 6.07) is 9.89. The molecule has 96 valence electrons. The molecule has 2 rings (SSSR count). The van der Waals surface area contributed by atoms with Crippen LogP contribution in [0.3, 0.4) is 0 Å². The highest BCUT2D eigenvalue weighted by Gasteiger charge is 2.31. The minimum atomic E-state index is -0.564. The summed E-state index contributed by atoms with van der Waals surface area (Å²) in [5, 5.41) is 22.5. The van der Waals surface area contributed by atoms with Gasteiger partial charge in [-0.15, -0.1) is 0 Å². The van der Waals surface area contributed by atoms with Gasteiger partial charge in [-0.1, -0.05) is 12.1 Å². The van der Waals surface area contributed by atoms with Crippen molar-refractivity contribution in [3.8, 4) is 6.07 Å². The van der Waals surface area contributed by atoms with E-state index in [9.17, 15) is 5.11 Å². The molecular weight excluding hydrogens is 244 g/mol. The molecule has 0 bridgehead atoms. The summed E-state index contributed by atoms with van der Waals surface area (Å²) < 4.78 is 0. The van der Waals surface area contributed by atoms with Crippen LogP contribution in [0.1, 0.15) is 30.5 Å². The van der Waals surface area contributed by atoms with Crippen LogP contribution in [0.4, 0.5) is 0 Å². The first-order valence-electron chi connectivity index (χ1n) is 6.16. The molecule has 1 aromatic rings. The average Bonchev–Trinajstić information content (AvgIpc) is 2.83. The van der Waals surface area contributed by atoms with Crippen LogP contribution in [-0.4, -0.2) is 28.8 Å². The molecule has 0 amide bonds. The molecule has 2 N–H and O–H groups in total. The Morgan fingerprint density at radius 1 is 1.61 bits per heavy atom. The molecule has 1 saturated heterocycles. The summed E-state index contributed by atoms with van der Waals surface area (Å²) in [7, 11) is 0. The Labute approximate surface area is 112 Å². The minimum Gasteiger partial charge on any atom is -0.388 e. The number of rotatable bonds is 4. The highest BCUT2D eigenvalue weighted by molar-refractivity contribution is 7.99. The lowest BCUT2D eigenvalue weighted by Crippen LogP contribution is -2.41. The van der Waals surface area contributed by atoms with E-state index in [1.807, 2.05) is 18.2 Å². The number of aliphatic hydroxyl groups is 1. The molecule has 3 nitrogen and oxygen atoms in total. The van der Waals surface area contributed by atoms with Gasteiger partial charge in [0.05, 0.1) is 17.2 Å². The molecule has 1 fully saturated rings. The Kier molecular flexibility index (Phi) is 4.28. The van der Waals surface area contributed by atoms with Gasteiger partial charge in [-0.05, 0) is 36.8 Å². The SMILES string of the molecule is CC(NCC1(O)CCSC1)c1cccc(C#N)c1. The van der Waals surface area contributed by atoms with Crippen molar-refractivity contribution in [1.29, 1.82) is 5.26 Å². The van der Waals surface area contributed by atoms with Crippen molar-refractivity contribution in [2.45, 2.75) is 25.0 Å². The molecule has 0 aliphatic carbocycles. The molecular formula is C14H18N2OS. The van der Waals surface area contributed by atoms with E-state index in [1.165, 1.54) is 0 Å². The van der Waals surface area contributed by atoms with Crippen molar-refractivity contribution >= 4 is 11.8 Å². The first kappa shape index (κ1) is 13.4. The molecule has 0 spiro atoms. The number of hydrogen-bond acceptors (Lipinski definition) is 4. The molecule has 0 saturated carbocycles. The van der Waals surface area contributed by atoms with E-state index < -0.39 is 5.60 Å². The molecule has 2 unspecified atom stereocenters. The van der Waals surface area contributed by atoms with Crippen LogP contribution in [0.25, 0.3) is 0 Å². The summed E-state index contributed by atoms with van der Waals surface area (Å²) in [5.74, 6) is 1.85. The number of benzene rings is 1. The minimum absolute atomic E-state index is 0.146. The molecule has 1 heterocycles. The van der Waals surface area contributed by atoms with Gasteiger partial charge in [-0.2, -0.15) is 17.0 Å². The topological polar surface area (TPSA) is 56.0 Å². The summed E-state index contributed by atoms with van der Waals surface area (Å²) >= 11 is 1.80. The van der Waals surface area contributed by atoms with Gasteiger partial charge in [0, 0.05) is 18.3 Å². The zero-order valence-electron chi connectivity index (χ0n) is 10.5. The molecule has 2 atom stereocenters. The fourth-order valence-electron chi connectivity index (χ4n) is 2.07. The van der Waals surface area contributed by atoms with Crippen molar-refractivity contribution in [3.05, 3.63) is 35.4 Å². The number of hydrogen-bond donors (Lipinski definition) is 2. The van der Waals surface area contributed by atoms with Crippen LogP contribution >= 0.6 is 11.8 Å². The van der Waals surface area contributed by atoms with Gasteiger partial charge >= 0.3 is 0 Å². The highest BCUT2D eigenvalue weighted by Crippen LogP contribution is 2.27. The van der Waals surface area contributed by atoms with E-state index >= 15 is 0 Å². The number of nitrogens with one attached hydrogen (secondary N) is 1. The maximum Gasteiger partial charge on any atom is 0.0991 e. The Bertz CT molecular complexity index is 449. The second-order valence-corrected chi connectivity index (χ2v) is 5.97. The Balaban J connectivity index is 1.95. The second-order valence-electron chi connectivity index (χ2n) is 4.87. The first-order valence-corrected chi connectivity index (χ1v) is 7.32. The number of nitriles is 1. The van der Waals surface area contributed by atoms with Gasteiger partial charge in [-0.25, -0.2) is 0 Å². The van der Waals surface area contributed by atoms with Gasteiger partial charge in [0.1, 0.15) is 0 Å². The van der Waals surface area contributed by atoms with E-state index in [2.05, 4.69) is 18.3 Å². The molecule has 1 aromatic carbocycles. The van der Waals surface area contributed by atoms with Gasteiger partial charge in [-0.3, -0.25) is 0 Å². The number of thioether (sulfide) groups is 1. The zero-order valence-corrected chi connectivity index (χ0v) is 11.3. The van der Waals surface area contributed by atoms with Crippen molar-refractivity contribution in [2.75, 3.05) is 18.1 Å². The summed E-state index contributed by atoms with van der Waals surface area (Å²) in [4.78, 5) is 0. The van der Waals surface area contributed by atoms with Crippen molar-refractivity contribution in [2.24, 2.45) is 0 Å². The first-order chi connectivity index (χ1) is 8.63. The van der Waals surface area contributed by atoms with Gasteiger partial charge in [0.25, 0.3) is 0 Å². The van der Waals surface area contributed by atoms with Crippen LogP contribution in [0, 0.1) is 11.3 Å². The van der Waals surface area contributed by atoms with E-state index in [1.54, 1.807) is 17.8 Å². The van der Waals surface area contributed by atoms with E-state index in [0.29, 0.717) is 12.1 Å². The number of nitrogens with zero attached hydrogens (tertiary/aromatic N) is 1. The van der Waals surface area contributed by atoms with Gasteiger partial charge in [0.2, 0.25) is 0 Å². The van der Waals surface area contributed by atoms with Crippen molar-refractivity contribution in [1.82, 2.24) is 5.32 Å². The monoisotopic (exact) mass is 262 g/mol. The lowest BCUT2D eigenvalue weighted by Gasteiger charge is -2.24. The normalized spacial score (nSPS) is 24.7. The standard InChI is InChI=1S/C14H18N2OS/c1-11(13-4-2-3-12(7-13)8-15)16-9-14(17)5-6-18-10-14/h2-4,7,11,16-17H,5-6,9-10H2,1H3. The van der Waals surface area contributed by atoms with Crippen LogP contribution in [0.5, 0.6) is 0 Å². The van der Waals surface area contributed by atoms with E-state index in [4.69, 9.17) is 5.26 Å². The van der Waals surface area contributed by atoms with Crippen molar-refractivity contribution in [3.63, 3.8) is 0 Å². The van der Waals surface area contributed by atoms with Crippen LogP contribution in [0.15, 0.2) is 24.3 Å². The highest BCUT2D eigenvalue weighted by atomic mass is 32.2. The van der Waals surface area contributed by atoms with Crippen LogP contribution in [0.2, 0.25) is 0 Å². The van der Waals surface area contributed by atoms with Gasteiger partial charge in [0.15, 0.2) is 0 Å². The molecule has 18 heavy (non-hydrogen) atoms. The molecule has 1 aliphatic rings. The molecule has 1 aliphatic heterocycles. The predicted octanol–water partition coefficient (Wildman–Crippen LogP) is 2.08. The molecule has 4 heteroatoms. The largest absolute Gasteiger partial charge is 0.388 e. The quantitative estimate of drug-likeness (QED) is 0.872. The van der Waals surface area contributed by atoms with Gasteiger partial charge < -0.3 is 10.4 Å². The summed E-state index contributed by atoms with van der Waals surface area (Å²) in [5.41, 5.74) is 1.20. The predicted molar refractivity (Wildman–Crippen MR) is 74.5 cm³/mol. The third-order valence-electron chi connectivity index (χ3n) is 3.34. The lowest BCUT2D eigenvalue weighted by atomic mass is 10.0. The molecule has 0 radical (unpaired) electrons. The van der Waals surface area contributed by atoms with E-state index in [0.717, 1.165) is 23.5 Å². The Hall–Kier alpha value is -1.02. The fraction of sp³-hybridized carbons (Fsp3) is 0.500. The van der Waals surface area contributed by atoms with Crippen LogP contribution < -0.4 is 5.32 Å². The second kappa shape index (κ2) is 5.75. The summed E-state index contributed by atoms with van der Waals surface area (Å²) in [6.45, 7) is 2.67. The zero-order chi connectivity index (χ0) is 13.0. The fourth-order valence-corrected chi connectivity index (χ4v) is 3.37. The smallest absolute Gasteiger partial charge is 0.0991 e. The maximum absolute atomic E-state index is 10.3. The average molecular weight is 262 g/mol.